The summed E-state index contributed by atoms with van der Waals surface area (Å²) < 4.78 is 28.7. The Hall–Kier alpha value is -2.18. The lowest BCUT2D eigenvalue weighted by molar-refractivity contribution is 0.522. The Morgan fingerprint density at radius 2 is 1.82 bits per heavy atom. The second kappa shape index (κ2) is 10.8. The fourth-order valence-electron chi connectivity index (χ4n) is 3.88. The van der Waals surface area contributed by atoms with Crippen molar-refractivity contribution in [1.82, 2.24) is 19.7 Å². The zero-order valence-corrected chi connectivity index (χ0v) is 21.4. The Morgan fingerprint density at radius 1 is 1.06 bits per heavy atom. The van der Waals surface area contributed by atoms with Crippen molar-refractivity contribution in [2.45, 2.75) is 50.1 Å². The van der Waals surface area contributed by atoms with Crippen molar-refractivity contribution in [3.8, 4) is 22.5 Å². The van der Waals surface area contributed by atoms with Gasteiger partial charge in [-0.05, 0) is 56.5 Å². The molecule has 0 radical (unpaired) electrons. The van der Waals surface area contributed by atoms with E-state index in [1.165, 1.54) is 0 Å². The van der Waals surface area contributed by atoms with E-state index in [2.05, 4.69) is 14.7 Å². The largest absolute Gasteiger partial charge is 0.382 e. The molecule has 3 aromatic rings. The highest BCUT2D eigenvalue weighted by atomic mass is 32.2. The molecule has 0 saturated heterocycles. The molecular formula is C22H30N6O2S3. The predicted molar refractivity (Wildman–Crippen MR) is 141 cm³/mol. The van der Waals surface area contributed by atoms with E-state index in [-0.39, 0.29) is 44.0 Å². The number of hydrogen-bond acceptors (Lipinski definition) is 7. The monoisotopic (exact) mass is 506 g/mol. The number of pyridine rings is 1. The number of aryl methyl sites for hydroxylation is 2. The van der Waals surface area contributed by atoms with Gasteiger partial charge in [-0.1, -0.05) is 12.5 Å². The van der Waals surface area contributed by atoms with Crippen LogP contribution in [0.1, 0.15) is 30.5 Å². The van der Waals surface area contributed by atoms with Crippen LogP contribution in [0.15, 0.2) is 47.6 Å². The normalized spacial score (nSPS) is 17.8. The number of hydrogen-bond donors (Lipinski definition) is 3. The summed E-state index contributed by atoms with van der Waals surface area (Å²) in [6.07, 6.45) is 5.75. The fraction of sp³-hybridized carbons (Fsp3) is 0.318. The lowest BCUT2D eigenvalue weighted by Crippen LogP contribution is -2.43. The summed E-state index contributed by atoms with van der Waals surface area (Å²) in [5.74, 6) is 0.299. The summed E-state index contributed by atoms with van der Waals surface area (Å²) in [6, 6.07) is 8.29. The Morgan fingerprint density at radius 3 is 2.48 bits per heavy atom. The van der Waals surface area contributed by atoms with Gasteiger partial charge in [-0.25, -0.2) is 23.1 Å². The molecule has 0 bridgehead atoms. The number of rotatable bonds is 5. The van der Waals surface area contributed by atoms with E-state index in [0.29, 0.717) is 22.8 Å². The van der Waals surface area contributed by atoms with Crippen molar-refractivity contribution >= 4 is 42.8 Å². The van der Waals surface area contributed by atoms with E-state index >= 15 is 0 Å². The van der Waals surface area contributed by atoms with E-state index in [4.69, 9.17) is 16.5 Å². The van der Waals surface area contributed by atoms with E-state index < -0.39 is 10.0 Å². The lowest BCUT2D eigenvalue weighted by atomic mass is 10.1. The van der Waals surface area contributed by atoms with Gasteiger partial charge in [0.25, 0.3) is 0 Å². The Balaban J connectivity index is 0.00000193. The van der Waals surface area contributed by atoms with Gasteiger partial charge in [0, 0.05) is 35.1 Å². The molecule has 33 heavy (non-hydrogen) atoms. The minimum Gasteiger partial charge on any atom is -0.382 e. The average molecular weight is 507 g/mol. The van der Waals surface area contributed by atoms with E-state index in [1.54, 1.807) is 30.6 Å². The highest BCUT2D eigenvalue weighted by Gasteiger charge is 2.29. The van der Waals surface area contributed by atoms with Crippen molar-refractivity contribution in [2.75, 3.05) is 5.73 Å². The molecule has 1 saturated carbocycles. The smallest absolute Gasteiger partial charge is 0.240 e. The van der Waals surface area contributed by atoms with Crippen LogP contribution in [0.5, 0.6) is 0 Å². The van der Waals surface area contributed by atoms with Gasteiger partial charge < -0.3 is 11.5 Å². The quantitative estimate of drug-likeness (QED) is 0.484. The maximum Gasteiger partial charge on any atom is 0.240 e. The van der Waals surface area contributed by atoms with E-state index in [0.717, 1.165) is 36.1 Å². The SMILES string of the molecule is Cc1cc(-c2nc(-c3cc(S(=O)(=O)N[C@H]4CCC[C@@H]4N)ccc3C)cnc2N)ccn1.S.S. The molecule has 0 spiro atoms. The molecule has 0 aliphatic heterocycles. The molecule has 1 aliphatic carbocycles. The maximum absolute atomic E-state index is 13.0. The third-order valence-electron chi connectivity index (χ3n) is 5.64. The number of benzene rings is 1. The van der Waals surface area contributed by atoms with Gasteiger partial charge in [-0.15, -0.1) is 0 Å². The van der Waals surface area contributed by atoms with E-state index in [1.807, 2.05) is 26.0 Å². The number of sulfonamides is 1. The minimum atomic E-state index is -3.71. The van der Waals surface area contributed by atoms with Crippen LogP contribution < -0.4 is 16.2 Å². The third kappa shape index (κ3) is 5.85. The van der Waals surface area contributed by atoms with Crippen molar-refractivity contribution < 1.29 is 8.42 Å². The van der Waals surface area contributed by atoms with Gasteiger partial charge in [0.1, 0.15) is 11.5 Å². The molecule has 8 nitrogen and oxygen atoms in total. The Bertz CT molecular complexity index is 1240. The summed E-state index contributed by atoms with van der Waals surface area (Å²) in [5.41, 5.74) is 16.4. The molecule has 178 valence electrons. The molecular weight excluding hydrogens is 476 g/mol. The van der Waals surface area contributed by atoms with E-state index in [9.17, 15) is 8.42 Å². The molecule has 2 heterocycles. The molecule has 2 atom stereocenters. The predicted octanol–water partition coefficient (Wildman–Crippen LogP) is 2.79. The molecule has 11 heteroatoms. The number of nitrogens with zero attached hydrogens (tertiary/aromatic N) is 3. The number of anilines is 1. The van der Waals surface area contributed by atoms with Gasteiger partial charge >= 0.3 is 0 Å². The number of nitrogens with two attached hydrogens (primary N) is 2. The molecule has 0 amide bonds. The van der Waals surface area contributed by atoms with Crippen LogP contribution in [0, 0.1) is 13.8 Å². The highest BCUT2D eigenvalue weighted by molar-refractivity contribution is 7.89. The summed E-state index contributed by atoms with van der Waals surface area (Å²) in [6.45, 7) is 3.79. The lowest BCUT2D eigenvalue weighted by Gasteiger charge is -2.18. The average Bonchev–Trinajstić information content (AvgIpc) is 3.12. The fourth-order valence-corrected chi connectivity index (χ4v) is 5.23. The van der Waals surface area contributed by atoms with Crippen LogP contribution in [-0.2, 0) is 10.0 Å². The topological polar surface area (TPSA) is 137 Å². The van der Waals surface area contributed by atoms with Crippen molar-refractivity contribution in [1.29, 1.82) is 0 Å². The zero-order valence-electron chi connectivity index (χ0n) is 18.5. The summed E-state index contributed by atoms with van der Waals surface area (Å²) >= 11 is 0. The second-order valence-corrected chi connectivity index (χ2v) is 9.69. The van der Waals surface area contributed by atoms with Gasteiger partial charge in [0.05, 0.1) is 16.8 Å². The van der Waals surface area contributed by atoms with Crippen LogP contribution in [0.25, 0.3) is 22.5 Å². The molecule has 1 aliphatic rings. The third-order valence-corrected chi connectivity index (χ3v) is 7.13. The summed E-state index contributed by atoms with van der Waals surface area (Å²) in [5, 5.41) is 0. The van der Waals surface area contributed by atoms with Crippen molar-refractivity contribution in [3.63, 3.8) is 0 Å². The number of aromatic nitrogens is 3. The van der Waals surface area contributed by atoms with Crippen LogP contribution in [0.2, 0.25) is 0 Å². The van der Waals surface area contributed by atoms with Gasteiger partial charge in [0.2, 0.25) is 10.0 Å². The standard InChI is InChI=1S/C22H26N6O2S.2H2S/c1-13-6-7-16(31(29,30)28-19-5-3-4-18(19)23)11-17(13)20-12-26-22(24)21(27-20)15-8-9-25-14(2)10-15;;/h6-12,18-19,28H,3-5,23H2,1-2H3,(H2,24,26);2*1H2/t18-,19-;;/m0../s1. The molecule has 1 fully saturated rings. The first-order valence-corrected chi connectivity index (χ1v) is 11.7. The van der Waals surface area contributed by atoms with Gasteiger partial charge in [-0.3, -0.25) is 4.98 Å². The molecule has 2 aromatic heterocycles. The van der Waals surface area contributed by atoms with Crippen LogP contribution in [0.3, 0.4) is 0 Å². The van der Waals surface area contributed by atoms with Crippen LogP contribution in [-0.4, -0.2) is 35.5 Å². The molecule has 0 unspecified atom stereocenters. The Kier molecular flexibility index (Phi) is 8.88. The van der Waals surface area contributed by atoms with Crippen molar-refractivity contribution in [3.05, 3.63) is 54.0 Å². The van der Waals surface area contributed by atoms with Crippen LogP contribution in [0.4, 0.5) is 5.82 Å². The first kappa shape index (κ1) is 27.1. The highest BCUT2D eigenvalue weighted by Crippen LogP contribution is 2.30. The summed E-state index contributed by atoms with van der Waals surface area (Å²) in [7, 11) is -3.71. The molecule has 4 rings (SSSR count). The zero-order chi connectivity index (χ0) is 22.2. The number of nitrogen functional groups attached to an aromatic ring is 1. The first-order chi connectivity index (χ1) is 14.7. The maximum atomic E-state index is 13.0. The number of nitrogens with one attached hydrogen (secondary N) is 1. The Labute approximate surface area is 208 Å². The minimum absolute atomic E-state index is 0. The first-order valence-electron chi connectivity index (χ1n) is 10.2. The molecule has 1 aromatic carbocycles. The van der Waals surface area contributed by atoms with Crippen LogP contribution >= 0.6 is 27.0 Å². The van der Waals surface area contributed by atoms with Crippen molar-refractivity contribution in [2.24, 2.45) is 5.73 Å². The van der Waals surface area contributed by atoms with Gasteiger partial charge in [-0.2, -0.15) is 27.0 Å². The van der Waals surface area contributed by atoms with Gasteiger partial charge in [0.15, 0.2) is 0 Å². The second-order valence-electron chi connectivity index (χ2n) is 7.97. The summed E-state index contributed by atoms with van der Waals surface area (Å²) in [4.78, 5) is 13.4. The molecule has 5 N–H and O–H groups in total.